The molecule has 150 valence electrons. The molecule has 1 fully saturated rings. The molecule has 2 aliphatic heterocycles. The van der Waals surface area contributed by atoms with Gasteiger partial charge in [-0.05, 0) is 12.5 Å². The van der Waals surface area contributed by atoms with Gasteiger partial charge in [-0.3, -0.25) is 19.3 Å². The normalized spacial score (nSPS) is 23.3. The van der Waals surface area contributed by atoms with Crippen LogP contribution in [-0.2, 0) is 30.3 Å². The van der Waals surface area contributed by atoms with Crippen molar-refractivity contribution in [1.82, 2.24) is 14.9 Å². The molecule has 0 saturated carbocycles. The van der Waals surface area contributed by atoms with E-state index in [9.17, 15) is 24.3 Å². The van der Waals surface area contributed by atoms with Crippen molar-refractivity contribution in [3.05, 3.63) is 23.7 Å². The van der Waals surface area contributed by atoms with E-state index in [0.29, 0.717) is 18.1 Å². The zero-order valence-electron chi connectivity index (χ0n) is 14.9. The molecular formula is C16H19N5O6S. The van der Waals surface area contributed by atoms with Crippen molar-refractivity contribution in [3.8, 4) is 0 Å². The van der Waals surface area contributed by atoms with Gasteiger partial charge < -0.3 is 25.9 Å². The van der Waals surface area contributed by atoms with E-state index >= 15 is 0 Å². The van der Waals surface area contributed by atoms with Crippen LogP contribution in [0.3, 0.4) is 0 Å². The van der Waals surface area contributed by atoms with E-state index in [1.807, 2.05) is 0 Å². The van der Waals surface area contributed by atoms with Crippen LogP contribution in [0.4, 0.5) is 5.95 Å². The molecule has 2 unspecified atom stereocenters. The monoisotopic (exact) mass is 409 g/mol. The number of β-lactam (4-membered cyclic amide) rings is 1. The number of carbonyl (C=O) groups excluding carboxylic acids is 3. The molecule has 12 heteroatoms. The summed E-state index contributed by atoms with van der Waals surface area (Å²) in [5.74, 6) is -2.19. The number of hydrogen-bond donors (Lipinski definition) is 4. The lowest BCUT2D eigenvalue weighted by molar-refractivity contribution is -0.147. The molecule has 3 atom stereocenters. The number of thioether (sulfide) groups is 1. The number of nitrogens with one attached hydrogen (secondary N) is 2. The predicted molar refractivity (Wildman–Crippen MR) is 97.9 cm³/mol. The van der Waals surface area contributed by atoms with E-state index in [-0.39, 0.29) is 18.7 Å². The number of amides is 2. The van der Waals surface area contributed by atoms with Crippen LogP contribution in [0.1, 0.15) is 19.0 Å². The molecule has 28 heavy (non-hydrogen) atoms. The highest BCUT2D eigenvalue weighted by molar-refractivity contribution is 8.00. The first-order valence-electron chi connectivity index (χ1n) is 8.42. The number of hydrogen-bond acceptors (Lipinski definition) is 8. The summed E-state index contributed by atoms with van der Waals surface area (Å²) < 4.78 is 4.97. The van der Waals surface area contributed by atoms with E-state index in [2.05, 4.69) is 15.3 Å². The van der Waals surface area contributed by atoms with Crippen molar-refractivity contribution >= 4 is 41.5 Å². The summed E-state index contributed by atoms with van der Waals surface area (Å²) in [5, 5.41) is 11.5. The van der Waals surface area contributed by atoms with Crippen molar-refractivity contribution in [2.45, 2.75) is 36.4 Å². The molecule has 5 N–H and O–H groups in total. The van der Waals surface area contributed by atoms with Gasteiger partial charge >= 0.3 is 11.9 Å². The van der Waals surface area contributed by atoms with Gasteiger partial charge in [0.25, 0.3) is 5.91 Å². The fraction of sp³-hybridized carbons (Fsp3) is 0.438. The van der Waals surface area contributed by atoms with Crippen molar-refractivity contribution in [2.75, 3.05) is 11.9 Å². The second-order valence-electron chi connectivity index (χ2n) is 6.26. The quantitative estimate of drug-likeness (QED) is 0.324. The molecule has 0 spiro atoms. The second-order valence-corrected chi connectivity index (χ2v) is 7.62. The Labute approximate surface area is 163 Å². The Kier molecular flexibility index (Phi) is 5.58. The number of aryl methyl sites for hydroxylation is 1. The highest BCUT2D eigenvalue weighted by Gasteiger charge is 2.54. The minimum absolute atomic E-state index is 0.0139. The minimum Gasteiger partial charge on any atom is -0.477 e. The second kappa shape index (κ2) is 7.92. The topological polar surface area (TPSA) is 168 Å². The van der Waals surface area contributed by atoms with Crippen LogP contribution < -0.4 is 11.1 Å². The lowest BCUT2D eigenvalue weighted by Crippen LogP contribution is -2.68. The average Bonchev–Trinajstić information content (AvgIpc) is 3.09. The average molecular weight is 409 g/mol. The number of carbonyl (C=O) groups is 4. The molecule has 3 heterocycles. The van der Waals surface area contributed by atoms with Crippen molar-refractivity contribution in [3.63, 3.8) is 0 Å². The van der Waals surface area contributed by atoms with Gasteiger partial charge in [-0.2, -0.15) is 0 Å². The summed E-state index contributed by atoms with van der Waals surface area (Å²) in [5.41, 5.74) is 5.59. The maximum atomic E-state index is 12.5. The third kappa shape index (κ3) is 4.11. The molecule has 1 aromatic heterocycles. The number of carboxylic acids is 1. The Balaban J connectivity index is 1.69. The number of H-pyrrole nitrogens is 1. The van der Waals surface area contributed by atoms with Crippen LogP contribution in [0.2, 0.25) is 0 Å². The number of imidazole rings is 1. The van der Waals surface area contributed by atoms with E-state index in [4.69, 9.17) is 10.5 Å². The van der Waals surface area contributed by atoms with Gasteiger partial charge in [-0.25, -0.2) is 9.78 Å². The Bertz CT molecular complexity index is 852. The lowest BCUT2D eigenvalue weighted by Gasteiger charge is -2.49. The van der Waals surface area contributed by atoms with Crippen LogP contribution in [-0.4, -0.2) is 67.0 Å². The number of aromatic nitrogens is 2. The van der Waals surface area contributed by atoms with Crippen molar-refractivity contribution in [2.24, 2.45) is 5.73 Å². The van der Waals surface area contributed by atoms with Crippen LogP contribution >= 0.6 is 11.8 Å². The standard InChI is InChI=1S/C16H19N5O6S/c1-7(22)27-6-9-4-10(15(25)26)21-13(24)12(14(21)28-9)20-16-18-5-8(19-16)2-3-11(17)23/h4-5,9,12,14H,2-3,6H2,1H3,(H2,17,23)(H,25,26)(H2,18,19,20)/t9?,12?,14-/m1/s1. The molecule has 2 aliphatic rings. The minimum atomic E-state index is -1.23. The molecule has 0 aliphatic carbocycles. The fourth-order valence-corrected chi connectivity index (χ4v) is 4.28. The Morgan fingerprint density at radius 2 is 2.21 bits per heavy atom. The van der Waals surface area contributed by atoms with E-state index in [1.165, 1.54) is 29.7 Å². The SMILES string of the molecule is CC(=O)OCC1C=C(C(=O)O)N2C(=O)C(Nc3nc(CCC(N)=O)c[nH]3)[C@H]2S1. The Morgan fingerprint density at radius 3 is 2.86 bits per heavy atom. The number of rotatable bonds is 8. The number of nitrogens with zero attached hydrogens (tertiary/aromatic N) is 2. The Morgan fingerprint density at radius 1 is 1.46 bits per heavy atom. The highest BCUT2D eigenvalue weighted by Crippen LogP contribution is 2.41. The van der Waals surface area contributed by atoms with Gasteiger partial charge in [0.1, 0.15) is 23.7 Å². The molecule has 3 rings (SSSR count). The summed E-state index contributed by atoms with van der Waals surface area (Å²) in [6.45, 7) is 1.28. The number of esters is 1. The summed E-state index contributed by atoms with van der Waals surface area (Å²) in [6, 6.07) is -0.692. The Hall–Kier alpha value is -3.02. The smallest absolute Gasteiger partial charge is 0.352 e. The number of carboxylic acid groups (broad SMARTS) is 1. The summed E-state index contributed by atoms with van der Waals surface area (Å²) in [6.07, 6.45) is 3.54. The number of anilines is 1. The molecule has 1 saturated heterocycles. The van der Waals surface area contributed by atoms with Crippen LogP contribution in [0.15, 0.2) is 18.0 Å². The summed E-state index contributed by atoms with van der Waals surface area (Å²) in [7, 11) is 0. The van der Waals surface area contributed by atoms with Gasteiger partial charge in [0.15, 0.2) is 0 Å². The lowest BCUT2D eigenvalue weighted by atomic mass is 10.0. The van der Waals surface area contributed by atoms with Gasteiger partial charge in [-0.1, -0.05) is 0 Å². The molecule has 0 radical (unpaired) electrons. The number of fused-ring (bicyclic) bond motifs is 1. The molecule has 11 nitrogen and oxygen atoms in total. The van der Waals surface area contributed by atoms with Gasteiger partial charge in [0.2, 0.25) is 11.9 Å². The molecule has 1 aromatic rings. The summed E-state index contributed by atoms with van der Waals surface area (Å²) in [4.78, 5) is 54.2. The number of ether oxygens (including phenoxy) is 1. The maximum absolute atomic E-state index is 12.5. The molecule has 0 bridgehead atoms. The van der Waals surface area contributed by atoms with Crippen LogP contribution in [0.5, 0.6) is 0 Å². The van der Waals surface area contributed by atoms with E-state index in [0.717, 1.165) is 0 Å². The van der Waals surface area contributed by atoms with Gasteiger partial charge in [0.05, 0.1) is 10.9 Å². The van der Waals surface area contributed by atoms with Gasteiger partial charge in [0, 0.05) is 19.5 Å². The number of nitrogens with two attached hydrogens (primary N) is 1. The van der Waals surface area contributed by atoms with Crippen molar-refractivity contribution in [1.29, 1.82) is 0 Å². The first-order chi connectivity index (χ1) is 13.3. The van der Waals surface area contributed by atoms with Crippen LogP contribution in [0, 0.1) is 0 Å². The number of primary amides is 1. The number of aliphatic carboxylic acids is 1. The predicted octanol–water partition coefficient (Wildman–Crippen LogP) is -0.577. The molecular weight excluding hydrogens is 390 g/mol. The van der Waals surface area contributed by atoms with Crippen molar-refractivity contribution < 1.29 is 29.0 Å². The largest absolute Gasteiger partial charge is 0.477 e. The maximum Gasteiger partial charge on any atom is 0.352 e. The molecule has 0 aromatic carbocycles. The molecule has 2 amide bonds. The first kappa shape index (κ1) is 19.7. The zero-order valence-corrected chi connectivity index (χ0v) is 15.7. The highest BCUT2D eigenvalue weighted by atomic mass is 32.2. The number of aromatic amines is 1. The fourth-order valence-electron chi connectivity index (χ4n) is 2.89. The van der Waals surface area contributed by atoms with E-state index in [1.54, 1.807) is 6.20 Å². The van der Waals surface area contributed by atoms with Gasteiger partial charge in [-0.15, -0.1) is 11.8 Å². The zero-order chi connectivity index (χ0) is 20.4. The summed E-state index contributed by atoms with van der Waals surface area (Å²) >= 11 is 1.32. The van der Waals surface area contributed by atoms with Crippen LogP contribution in [0.25, 0.3) is 0 Å². The third-order valence-electron chi connectivity index (χ3n) is 4.18. The third-order valence-corrected chi connectivity index (χ3v) is 5.56. The first-order valence-corrected chi connectivity index (χ1v) is 9.36. The van der Waals surface area contributed by atoms with E-state index < -0.39 is 40.4 Å².